The molecule has 1 aromatic heterocycles. The molecule has 0 aromatic carbocycles. The van der Waals surface area contributed by atoms with Crippen molar-refractivity contribution in [2.75, 3.05) is 13.2 Å². The van der Waals surface area contributed by atoms with Crippen LogP contribution in [0, 0.1) is 5.92 Å². The summed E-state index contributed by atoms with van der Waals surface area (Å²) in [5, 5.41) is 15.3. The van der Waals surface area contributed by atoms with Crippen molar-refractivity contribution in [2.24, 2.45) is 5.92 Å². The summed E-state index contributed by atoms with van der Waals surface area (Å²) in [5.74, 6) is 0.775. The average Bonchev–Trinajstić information content (AvgIpc) is 3.07. The normalized spacial score (nSPS) is 17.9. The summed E-state index contributed by atoms with van der Waals surface area (Å²) in [7, 11) is 0. The predicted molar refractivity (Wildman–Crippen MR) is 74.8 cm³/mol. The number of ether oxygens (including phenoxy) is 1. The summed E-state index contributed by atoms with van der Waals surface area (Å²) in [6, 6.07) is 4.06. The molecule has 0 spiro atoms. The third-order valence-corrected chi connectivity index (χ3v) is 4.38. The maximum Gasteiger partial charge on any atom is 0.0898 e. The second-order valence-electron chi connectivity index (χ2n) is 5.63. The van der Waals surface area contributed by atoms with Crippen LogP contribution in [0.25, 0.3) is 0 Å². The zero-order chi connectivity index (χ0) is 13.0. The number of hydrogen-bond acceptors (Lipinski definition) is 4. The van der Waals surface area contributed by atoms with Crippen LogP contribution in [-0.2, 0) is 11.3 Å². The van der Waals surface area contributed by atoms with Gasteiger partial charge in [0.2, 0.25) is 0 Å². The molecular formula is C14H23NO2S. The smallest absolute Gasteiger partial charge is 0.0898 e. The SMILES string of the molecule is CC(C)(NCC(O)COCc1cccs1)C1CC1. The first kappa shape index (κ1) is 14.0. The molecular weight excluding hydrogens is 246 g/mol. The van der Waals surface area contributed by atoms with Gasteiger partial charge in [-0.15, -0.1) is 11.3 Å². The number of thiophene rings is 1. The van der Waals surface area contributed by atoms with E-state index in [-0.39, 0.29) is 5.54 Å². The van der Waals surface area contributed by atoms with Crippen LogP contribution in [0.2, 0.25) is 0 Å². The van der Waals surface area contributed by atoms with E-state index in [1.165, 1.54) is 17.7 Å². The van der Waals surface area contributed by atoms with Crippen LogP contribution >= 0.6 is 11.3 Å². The van der Waals surface area contributed by atoms with Gasteiger partial charge < -0.3 is 15.2 Å². The molecule has 1 heterocycles. The second-order valence-corrected chi connectivity index (χ2v) is 6.66. The standard InChI is InChI=1S/C14H23NO2S/c1-14(2,11-5-6-11)15-8-12(16)9-17-10-13-4-3-7-18-13/h3-4,7,11-12,15-16H,5-6,8-10H2,1-2H3. The summed E-state index contributed by atoms with van der Waals surface area (Å²) >= 11 is 1.68. The van der Waals surface area contributed by atoms with Crippen molar-refractivity contribution in [2.45, 2.75) is 44.9 Å². The molecule has 1 aliphatic carbocycles. The summed E-state index contributed by atoms with van der Waals surface area (Å²) in [4.78, 5) is 1.20. The average molecular weight is 269 g/mol. The fourth-order valence-corrected chi connectivity index (χ4v) is 2.72. The zero-order valence-electron chi connectivity index (χ0n) is 11.2. The minimum absolute atomic E-state index is 0.148. The number of nitrogens with one attached hydrogen (secondary N) is 1. The first-order valence-electron chi connectivity index (χ1n) is 6.61. The van der Waals surface area contributed by atoms with E-state index >= 15 is 0 Å². The van der Waals surface area contributed by atoms with Crippen molar-refractivity contribution in [1.29, 1.82) is 0 Å². The minimum Gasteiger partial charge on any atom is -0.389 e. The van der Waals surface area contributed by atoms with Gasteiger partial charge in [0.05, 0.1) is 19.3 Å². The van der Waals surface area contributed by atoms with Crippen molar-refractivity contribution < 1.29 is 9.84 Å². The first-order chi connectivity index (χ1) is 8.58. The van der Waals surface area contributed by atoms with E-state index in [9.17, 15) is 5.11 Å². The highest BCUT2D eigenvalue weighted by atomic mass is 32.1. The fourth-order valence-electron chi connectivity index (χ4n) is 2.08. The van der Waals surface area contributed by atoms with Gasteiger partial charge in [-0.2, -0.15) is 0 Å². The Morgan fingerprint density at radius 1 is 1.56 bits per heavy atom. The summed E-state index contributed by atoms with van der Waals surface area (Å²) in [6.45, 7) is 6.02. The third kappa shape index (κ3) is 4.35. The van der Waals surface area contributed by atoms with Crippen LogP contribution in [0.5, 0.6) is 0 Å². The number of aliphatic hydroxyl groups is 1. The lowest BCUT2D eigenvalue weighted by Gasteiger charge is -2.27. The summed E-state index contributed by atoms with van der Waals surface area (Å²) in [5.41, 5.74) is 0.148. The van der Waals surface area contributed by atoms with E-state index in [1.807, 2.05) is 17.5 Å². The van der Waals surface area contributed by atoms with E-state index in [0.717, 1.165) is 5.92 Å². The van der Waals surface area contributed by atoms with Crippen molar-refractivity contribution in [1.82, 2.24) is 5.32 Å². The molecule has 0 amide bonds. The lowest BCUT2D eigenvalue weighted by molar-refractivity contribution is 0.0260. The Morgan fingerprint density at radius 3 is 2.94 bits per heavy atom. The van der Waals surface area contributed by atoms with Crippen LogP contribution in [-0.4, -0.2) is 29.9 Å². The van der Waals surface area contributed by atoms with Crippen molar-refractivity contribution in [3.05, 3.63) is 22.4 Å². The molecule has 1 saturated carbocycles. The molecule has 2 N–H and O–H groups in total. The Balaban J connectivity index is 1.58. The van der Waals surface area contributed by atoms with Crippen molar-refractivity contribution in [3.8, 4) is 0 Å². The number of hydrogen-bond donors (Lipinski definition) is 2. The van der Waals surface area contributed by atoms with Crippen LogP contribution < -0.4 is 5.32 Å². The Morgan fingerprint density at radius 2 is 2.33 bits per heavy atom. The molecule has 1 aliphatic rings. The number of rotatable bonds is 8. The Hall–Kier alpha value is -0.420. The molecule has 102 valence electrons. The van der Waals surface area contributed by atoms with Gasteiger partial charge in [0.1, 0.15) is 0 Å². The molecule has 4 heteroatoms. The van der Waals surface area contributed by atoms with Gasteiger partial charge in [-0.1, -0.05) is 6.07 Å². The van der Waals surface area contributed by atoms with Gasteiger partial charge >= 0.3 is 0 Å². The molecule has 0 saturated heterocycles. The molecule has 1 atom stereocenters. The molecule has 18 heavy (non-hydrogen) atoms. The van der Waals surface area contributed by atoms with E-state index in [1.54, 1.807) is 11.3 Å². The van der Waals surface area contributed by atoms with Gasteiger partial charge in [-0.3, -0.25) is 0 Å². The second kappa shape index (κ2) is 6.15. The number of aliphatic hydroxyl groups excluding tert-OH is 1. The molecule has 3 nitrogen and oxygen atoms in total. The van der Waals surface area contributed by atoms with Crippen LogP contribution in [0.15, 0.2) is 17.5 Å². The molecule has 1 aromatic rings. The number of β-amino-alcohol motifs (C(OH)–C–C–N with tert-alkyl or cyclic N) is 1. The molecule has 0 bridgehead atoms. The maximum atomic E-state index is 9.86. The quantitative estimate of drug-likeness (QED) is 0.761. The van der Waals surface area contributed by atoms with Crippen molar-refractivity contribution >= 4 is 11.3 Å². The summed E-state index contributed by atoms with van der Waals surface area (Å²) in [6.07, 6.45) is 2.19. The lowest BCUT2D eigenvalue weighted by Crippen LogP contribution is -2.46. The molecule has 2 rings (SSSR count). The highest BCUT2D eigenvalue weighted by Crippen LogP contribution is 2.39. The zero-order valence-corrected chi connectivity index (χ0v) is 12.0. The van der Waals surface area contributed by atoms with E-state index in [2.05, 4.69) is 19.2 Å². The largest absolute Gasteiger partial charge is 0.389 e. The molecule has 0 radical (unpaired) electrons. The van der Waals surface area contributed by atoms with Crippen LogP contribution in [0.3, 0.4) is 0 Å². The highest BCUT2D eigenvalue weighted by Gasteiger charge is 2.37. The van der Waals surface area contributed by atoms with Crippen LogP contribution in [0.1, 0.15) is 31.6 Å². The van der Waals surface area contributed by atoms with E-state index in [4.69, 9.17) is 4.74 Å². The molecule has 0 aliphatic heterocycles. The van der Waals surface area contributed by atoms with Crippen molar-refractivity contribution in [3.63, 3.8) is 0 Å². The predicted octanol–water partition coefficient (Wildman–Crippen LogP) is 2.40. The Labute approximate surface area is 113 Å². The van der Waals surface area contributed by atoms with E-state index in [0.29, 0.717) is 19.8 Å². The third-order valence-electron chi connectivity index (χ3n) is 3.53. The Bertz CT molecular complexity index is 347. The fraction of sp³-hybridized carbons (Fsp3) is 0.714. The van der Waals surface area contributed by atoms with E-state index < -0.39 is 6.10 Å². The van der Waals surface area contributed by atoms with Gasteiger partial charge in [0.15, 0.2) is 0 Å². The Kier molecular flexibility index (Phi) is 4.78. The van der Waals surface area contributed by atoms with Gasteiger partial charge in [-0.05, 0) is 44.1 Å². The topological polar surface area (TPSA) is 41.5 Å². The van der Waals surface area contributed by atoms with Crippen LogP contribution in [0.4, 0.5) is 0 Å². The maximum absolute atomic E-state index is 9.86. The molecule has 1 unspecified atom stereocenters. The monoisotopic (exact) mass is 269 g/mol. The lowest BCUT2D eigenvalue weighted by atomic mass is 9.98. The van der Waals surface area contributed by atoms with Gasteiger partial charge in [0, 0.05) is 17.0 Å². The highest BCUT2D eigenvalue weighted by molar-refractivity contribution is 7.09. The molecule has 1 fully saturated rings. The minimum atomic E-state index is -0.428. The first-order valence-corrected chi connectivity index (χ1v) is 7.49. The van der Waals surface area contributed by atoms with Gasteiger partial charge in [0.25, 0.3) is 0 Å². The van der Waals surface area contributed by atoms with Gasteiger partial charge in [-0.25, -0.2) is 0 Å². The summed E-state index contributed by atoms with van der Waals surface area (Å²) < 4.78 is 5.50.